The third kappa shape index (κ3) is 73.6. The largest absolute Gasteiger partial charge is 0.472 e. The average Bonchev–Trinajstić information content (AvgIpc) is 1.28. The summed E-state index contributed by atoms with van der Waals surface area (Å²) in [6.45, 7) is 7.24. The minimum Gasteiger partial charge on any atom is -0.462 e. The zero-order valence-electron chi connectivity index (χ0n) is 64.1. The molecule has 0 saturated carbocycles. The molecule has 0 heterocycles. The number of carbonyl (C=O) groups is 4. The fraction of sp³-hybridized carbons (Fsp3) is 0.900. The second-order valence-electron chi connectivity index (χ2n) is 28.6. The number of carbonyl (C=O) groups excluding carboxylic acids is 4. The Labute approximate surface area is 605 Å². The summed E-state index contributed by atoms with van der Waals surface area (Å²) < 4.78 is 68.5. The highest BCUT2D eigenvalue weighted by atomic mass is 31.2. The number of unbranched alkanes of at least 4 members (excludes halogenated alkanes) is 47. The first kappa shape index (κ1) is 96.5. The van der Waals surface area contributed by atoms with Crippen LogP contribution in [-0.2, 0) is 65.4 Å². The van der Waals surface area contributed by atoms with Crippen LogP contribution in [-0.4, -0.2) is 96.7 Å². The molecule has 0 aliphatic heterocycles. The molecule has 0 aliphatic rings. The van der Waals surface area contributed by atoms with Crippen LogP contribution >= 0.6 is 15.6 Å². The maximum atomic E-state index is 13.1. The van der Waals surface area contributed by atoms with E-state index in [1.807, 2.05) is 0 Å². The minimum atomic E-state index is -4.96. The molecule has 3 N–H and O–H groups in total. The Hall–Kier alpha value is -2.46. The van der Waals surface area contributed by atoms with Crippen molar-refractivity contribution in [3.63, 3.8) is 0 Å². The second kappa shape index (κ2) is 72.5. The Morgan fingerprint density at radius 2 is 0.545 bits per heavy atom. The SMILES string of the molecule is CCCCCC/C=C\C=C/CCCCCCCC(=O)O[C@H](COC(=O)CCCCCCCCC)COP(=O)(O)OC[C@H](O)COP(=O)(O)OC[C@@H](COC(=O)CCCCCCCCCCCCCCCCCCCC)OC(=O)CCCCCCCCCCCCCCCCCCC(C)C. The summed E-state index contributed by atoms with van der Waals surface area (Å²) in [6, 6.07) is 0. The predicted molar refractivity (Wildman–Crippen MR) is 404 cm³/mol. The normalized spacial score (nSPS) is 14.0. The molecule has 0 aromatic carbocycles. The smallest absolute Gasteiger partial charge is 0.462 e. The van der Waals surface area contributed by atoms with Crippen LogP contribution < -0.4 is 0 Å². The van der Waals surface area contributed by atoms with Crippen LogP contribution in [0.1, 0.15) is 401 Å². The van der Waals surface area contributed by atoms with Gasteiger partial charge >= 0.3 is 39.5 Å². The van der Waals surface area contributed by atoms with E-state index < -0.39 is 97.5 Å². The van der Waals surface area contributed by atoms with Crippen molar-refractivity contribution in [3.8, 4) is 0 Å². The number of phosphoric ester groups is 2. The van der Waals surface area contributed by atoms with Gasteiger partial charge in [0.25, 0.3) is 0 Å². The van der Waals surface area contributed by atoms with Crippen molar-refractivity contribution in [1.82, 2.24) is 0 Å². The van der Waals surface area contributed by atoms with Crippen LogP contribution in [0.4, 0.5) is 0 Å². The van der Waals surface area contributed by atoms with Crippen LogP contribution in [0.2, 0.25) is 0 Å². The van der Waals surface area contributed by atoms with Gasteiger partial charge in [0.05, 0.1) is 26.4 Å². The zero-order valence-corrected chi connectivity index (χ0v) is 65.9. The number of hydrogen-bond donors (Lipinski definition) is 3. The van der Waals surface area contributed by atoms with Crippen molar-refractivity contribution in [2.45, 2.75) is 419 Å². The van der Waals surface area contributed by atoms with Gasteiger partial charge in [-0.25, -0.2) is 9.13 Å². The lowest BCUT2D eigenvalue weighted by Gasteiger charge is -2.21. The van der Waals surface area contributed by atoms with Crippen molar-refractivity contribution in [2.75, 3.05) is 39.6 Å². The molecule has 17 nitrogen and oxygen atoms in total. The highest BCUT2D eigenvalue weighted by molar-refractivity contribution is 7.47. The molecule has 0 fully saturated rings. The van der Waals surface area contributed by atoms with E-state index in [9.17, 15) is 43.2 Å². The van der Waals surface area contributed by atoms with Gasteiger partial charge in [-0.2, -0.15) is 0 Å². The Balaban J connectivity index is 5.21. The van der Waals surface area contributed by atoms with Gasteiger partial charge in [-0.15, -0.1) is 0 Å². The minimum absolute atomic E-state index is 0.0850. The molecule has 0 spiro atoms. The monoisotopic (exact) mass is 1450 g/mol. The van der Waals surface area contributed by atoms with E-state index in [1.165, 1.54) is 199 Å². The van der Waals surface area contributed by atoms with Crippen LogP contribution in [0.25, 0.3) is 0 Å². The van der Waals surface area contributed by atoms with E-state index in [1.54, 1.807) is 0 Å². The van der Waals surface area contributed by atoms with E-state index in [2.05, 4.69) is 58.9 Å². The van der Waals surface area contributed by atoms with Crippen molar-refractivity contribution in [3.05, 3.63) is 24.3 Å². The molecule has 0 radical (unpaired) electrons. The van der Waals surface area contributed by atoms with Crippen molar-refractivity contribution in [1.29, 1.82) is 0 Å². The fourth-order valence-electron chi connectivity index (χ4n) is 11.9. The van der Waals surface area contributed by atoms with Crippen LogP contribution in [0.3, 0.4) is 0 Å². The molecule has 19 heteroatoms. The van der Waals surface area contributed by atoms with Crippen molar-refractivity contribution < 1.29 is 80.2 Å². The Bertz CT molecular complexity index is 1990. The summed E-state index contributed by atoms with van der Waals surface area (Å²) in [6.07, 6.45) is 66.2. The number of allylic oxidation sites excluding steroid dienone is 4. The molecule has 0 rings (SSSR count). The lowest BCUT2D eigenvalue weighted by Crippen LogP contribution is -2.30. The van der Waals surface area contributed by atoms with E-state index in [-0.39, 0.29) is 25.7 Å². The molecule has 5 atom stereocenters. The number of ether oxygens (including phenoxy) is 4. The van der Waals surface area contributed by atoms with Crippen LogP contribution in [0.15, 0.2) is 24.3 Å². The first-order chi connectivity index (χ1) is 48.0. The summed E-state index contributed by atoms with van der Waals surface area (Å²) in [5.41, 5.74) is 0. The number of esters is 4. The summed E-state index contributed by atoms with van der Waals surface area (Å²) in [7, 11) is -9.92. The van der Waals surface area contributed by atoms with Crippen LogP contribution in [0, 0.1) is 5.92 Å². The number of phosphoric acid groups is 2. The molecule has 0 saturated heterocycles. The average molecular weight is 1450 g/mol. The highest BCUT2D eigenvalue weighted by Crippen LogP contribution is 2.45. The number of aliphatic hydroxyl groups excluding tert-OH is 1. The predicted octanol–water partition coefficient (Wildman–Crippen LogP) is 23.6. The standard InChI is InChI=1S/C80H152O17P2/c1-6-9-12-15-18-20-22-24-26-27-28-33-36-40-44-49-54-59-64-78(83)91-70-76(97-80(85)66-61-56-51-46-42-38-34-30-29-32-35-39-43-48-52-57-62-73(4)5)72-95-99(88,89)93-68-74(81)67-92-98(86,87)94-71-75(69-90-77(82)63-58-53-47-17-14-11-8-3)96-79(84)65-60-55-50-45-41-37-31-25-23-21-19-16-13-10-7-2/h21,23,25,31,73-76,81H,6-20,22,24,26-30,32-72H2,1-5H3,(H,86,87)(H,88,89)/b23-21-,31-25-/t74-,75+,76+/m0/s1. The van der Waals surface area contributed by atoms with Gasteiger partial charge in [-0.3, -0.25) is 37.3 Å². The second-order valence-corrected chi connectivity index (χ2v) is 31.5. The lowest BCUT2D eigenvalue weighted by molar-refractivity contribution is -0.161. The molecule has 0 bridgehead atoms. The van der Waals surface area contributed by atoms with Gasteiger partial charge in [-0.1, -0.05) is 348 Å². The number of rotatable bonds is 78. The molecule has 584 valence electrons. The molecular formula is C80H152O17P2. The van der Waals surface area contributed by atoms with Gasteiger partial charge in [0, 0.05) is 25.7 Å². The van der Waals surface area contributed by atoms with E-state index in [0.29, 0.717) is 25.7 Å². The summed E-state index contributed by atoms with van der Waals surface area (Å²) >= 11 is 0. The first-order valence-electron chi connectivity index (χ1n) is 41.0. The fourth-order valence-corrected chi connectivity index (χ4v) is 13.4. The highest BCUT2D eigenvalue weighted by Gasteiger charge is 2.30. The van der Waals surface area contributed by atoms with Gasteiger partial charge in [0.1, 0.15) is 19.3 Å². The van der Waals surface area contributed by atoms with Gasteiger partial charge in [-0.05, 0) is 57.3 Å². The number of hydrogen-bond acceptors (Lipinski definition) is 15. The maximum absolute atomic E-state index is 13.1. The Kier molecular flexibility index (Phi) is 70.7. The quantitative estimate of drug-likeness (QED) is 0.0169. The zero-order chi connectivity index (χ0) is 72.7. The summed E-state index contributed by atoms with van der Waals surface area (Å²) in [4.78, 5) is 72.8. The van der Waals surface area contributed by atoms with Gasteiger partial charge < -0.3 is 33.8 Å². The van der Waals surface area contributed by atoms with Crippen molar-refractivity contribution >= 4 is 39.5 Å². The lowest BCUT2D eigenvalue weighted by atomic mass is 10.0. The van der Waals surface area contributed by atoms with Crippen LogP contribution in [0.5, 0.6) is 0 Å². The number of aliphatic hydroxyl groups is 1. The molecule has 0 aliphatic carbocycles. The van der Waals surface area contributed by atoms with Gasteiger partial charge in [0.2, 0.25) is 0 Å². The third-order valence-electron chi connectivity index (χ3n) is 18.2. The van der Waals surface area contributed by atoms with Crippen molar-refractivity contribution in [2.24, 2.45) is 5.92 Å². The molecule has 0 aromatic heterocycles. The molecule has 2 unspecified atom stereocenters. The maximum Gasteiger partial charge on any atom is 0.472 e. The molecule has 0 aromatic rings. The van der Waals surface area contributed by atoms with E-state index in [0.717, 1.165) is 121 Å². The van der Waals surface area contributed by atoms with E-state index in [4.69, 9.17) is 37.0 Å². The molecular weight excluding hydrogens is 1290 g/mol. The third-order valence-corrected chi connectivity index (χ3v) is 20.1. The van der Waals surface area contributed by atoms with Gasteiger partial charge in [0.15, 0.2) is 12.2 Å². The van der Waals surface area contributed by atoms with E-state index >= 15 is 0 Å². The Morgan fingerprint density at radius 1 is 0.313 bits per heavy atom. The molecule has 99 heavy (non-hydrogen) atoms. The topological polar surface area (TPSA) is 237 Å². The molecule has 0 amide bonds. The summed E-state index contributed by atoms with van der Waals surface area (Å²) in [5.74, 6) is -1.34. The Morgan fingerprint density at radius 3 is 0.828 bits per heavy atom. The first-order valence-corrected chi connectivity index (χ1v) is 43.9. The summed E-state index contributed by atoms with van der Waals surface area (Å²) in [5, 5.41) is 10.6.